The summed E-state index contributed by atoms with van der Waals surface area (Å²) in [6.07, 6.45) is 4.28. The zero-order valence-electron chi connectivity index (χ0n) is 9.12. The van der Waals surface area contributed by atoms with Crippen molar-refractivity contribution in [3.63, 3.8) is 0 Å². The lowest BCUT2D eigenvalue weighted by molar-refractivity contribution is 0.330. The first kappa shape index (κ1) is 9.84. The molecule has 0 aliphatic heterocycles. The Morgan fingerprint density at radius 3 is 2.69 bits per heavy atom. The molecule has 0 amide bonds. The molecule has 0 heterocycles. The van der Waals surface area contributed by atoms with E-state index in [0.29, 0.717) is 17.4 Å². The average Bonchev–Trinajstić information content (AvgIpc) is 2.90. The number of benzene rings is 1. The molecule has 2 aliphatic carbocycles. The molecule has 2 heteroatoms. The third-order valence-electron chi connectivity index (χ3n) is 4.40. The molecule has 1 aromatic carbocycles. The molecule has 0 N–H and O–H groups in total. The van der Waals surface area contributed by atoms with Gasteiger partial charge in [0.25, 0.3) is 0 Å². The van der Waals surface area contributed by atoms with Crippen LogP contribution in [0.4, 0.5) is 4.39 Å². The summed E-state index contributed by atoms with van der Waals surface area (Å²) in [5, 5.41) is 9.50. The standard InChI is InChI=1S/C14H14FN/c15-13-4-2-1-3-12(13)14(9-16)8-10-5-6-11(14)7-10/h1-4,10-11H,5-8H2/t10-,11+,14+/m1/s1. The van der Waals surface area contributed by atoms with Crippen molar-refractivity contribution in [3.8, 4) is 6.07 Å². The summed E-state index contributed by atoms with van der Waals surface area (Å²) in [6.45, 7) is 0. The number of hydrogen-bond donors (Lipinski definition) is 0. The first-order chi connectivity index (χ1) is 7.76. The number of halogens is 1. The highest BCUT2D eigenvalue weighted by atomic mass is 19.1. The molecule has 0 unspecified atom stereocenters. The fraction of sp³-hybridized carbons (Fsp3) is 0.500. The second-order valence-electron chi connectivity index (χ2n) is 5.14. The Morgan fingerprint density at radius 2 is 2.12 bits per heavy atom. The van der Waals surface area contributed by atoms with E-state index in [1.165, 1.54) is 12.5 Å². The van der Waals surface area contributed by atoms with Crippen LogP contribution < -0.4 is 0 Å². The van der Waals surface area contributed by atoms with Gasteiger partial charge < -0.3 is 0 Å². The molecule has 2 aliphatic rings. The van der Waals surface area contributed by atoms with Crippen molar-refractivity contribution in [2.75, 3.05) is 0 Å². The molecule has 1 nitrogen and oxygen atoms in total. The largest absolute Gasteiger partial charge is 0.207 e. The van der Waals surface area contributed by atoms with Gasteiger partial charge in [0.05, 0.1) is 11.5 Å². The van der Waals surface area contributed by atoms with Gasteiger partial charge in [-0.3, -0.25) is 0 Å². The number of nitrogens with zero attached hydrogens (tertiary/aromatic N) is 1. The van der Waals surface area contributed by atoms with Crippen molar-refractivity contribution in [3.05, 3.63) is 35.6 Å². The zero-order valence-corrected chi connectivity index (χ0v) is 9.12. The highest BCUT2D eigenvalue weighted by Crippen LogP contribution is 2.56. The van der Waals surface area contributed by atoms with E-state index in [0.717, 1.165) is 19.3 Å². The Labute approximate surface area is 94.9 Å². The second-order valence-corrected chi connectivity index (χ2v) is 5.14. The molecule has 2 bridgehead atoms. The summed E-state index contributed by atoms with van der Waals surface area (Å²) >= 11 is 0. The van der Waals surface area contributed by atoms with Gasteiger partial charge in [0.15, 0.2) is 0 Å². The van der Waals surface area contributed by atoms with Crippen molar-refractivity contribution >= 4 is 0 Å². The van der Waals surface area contributed by atoms with Crippen LogP contribution >= 0.6 is 0 Å². The minimum atomic E-state index is -0.533. The first-order valence-electron chi connectivity index (χ1n) is 5.92. The molecule has 82 valence electrons. The van der Waals surface area contributed by atoms with E-state index >= 15 is 0 Å². The van der Waals surface area contributed by atoms with Crippen LogP contribution in [0.25, 0.3) is 0 Å². The number of hydrogen-bond acceptors (Lipinski definition) is 1. The lowest BCUT2D eigenvalue weighted by Crippen LogP contribution is -2.31. The van der Waals surface area contributed by atoms with Gasteiger partial charge in [0.2, 0.25) is 0 Å². The van der Waals surface area contributed by atoms with Crippen LogP contribution in [-0.4, -0.2) is 0 Å². The van der Waals surface area contributed by atoms with E-state index in [-0.39, 0.29) is 5.82 Å². The molecule has 1 aromatic rings. The van der Waals surface area contributed by atoms with E-state index in [2.05, 4.69) is 6.07 Å². The van der Waals surface area contributed by atoms with Crippen LogP contribution in [0.15, 0.2) is 24.3 Å². The molecule has 3 rings (SSSR count). The van der Waals surface area contributed by atoms with E-state index < -0.39 is 5.41 Å². The molecule has 16 heavy (non-hydrogen) atoms. The Morgan fingerprint density at radius 1 is 1.31 bits per heavy atom. The summed E-state index contributed by atoms with van der Waals surface area (Å²) in [4.78, 5) is 0. The minimum absolute atomic E-state index is 0.211. The highest BCUT2D eigenvalue weighted by molar-refractivity contribution is 5.37. The lowest BCUT2D eigenvalue weighted by atomic mass is 9.69. The van der Waals surface area contributed by atoms with Crippen LogP contribution in [0.3, 0.4) is 0 Å². The highest BCUT2D eigenvalue weighted by Gasteiger charge is 2.53. The molecule has 0 spiro atoms. The van der Waals surface area contributed by atoms with Gasteiger partial charge in [-0.1, -0.05) is 24.6 Å². The average molecular weight is 215 g/mol. The quantitative estimate of drug-likeness (QED) is 0.704. The zero-order chi connectivity index (χ0) is 11.2. The van der Waals surface area contributed by atoms with Crippen molar-refractivity contribution in [2.24, 2.45) is 11.8 Å². The van der Waals surface area contributed by atoms with E-state index in [9.17, 15) is 9.65 Å². The number of nitriles is 1. The van der Waals surface area contributed by atoms with Crippen LogP contribution in [0, 0.1) is 29.0 Å². The maximum absolute atomic E-state index is 13.8. The molecular formula is C14H14FN. The number of rotatable bonds is 1. The Hall–Kier alpha value is -1.36. The van der Waals surface area contributed by atoms with Crippen molar-refractivity contribution in [1.82, 2.24) is 0 Å². The van der Waals surface area contributed by atoms with Crippen LogP contribution in [-0.2, 0) is 5.41 Å². The summed E-state index contributed by atoms with van der Waals surface area (Å²) in [7, 11) is 0. The minimum Gasteiger partial charge on any atom is -0.207 e. The van der Waals surface area contributed by atoms with Gasteiger partial charge in [-0.05, 0) is 37.2 Å². The fourth-order valence-corrected chi connectivity index (χ4v) is 3.68. The predicted octanol–water partition coefficient (Wildman–Crippen LogP) is 3.41. The molecular weight excluding hydrogens is 201 g/mol. The number of fused-ring (bicyclic) bond motifs is 2. The maximum atomic E-state index is 13.8. The Balaban J connectivity index is 2.11. The van der Waals surface area contributed by atoms with Crippen molar-refractivity contribution in [1.29, 1.82) is 5.26 Å². The fourth-order valence-electron chi connectivity index (χ4n) is 3.68. The maximum Gasteiger partial charge on any atom is 0.128 e. The van der Waals surface area contributed by atoms with Crippen LogP contribution in [0.2, 0.25) is 0 Å². The Bertz CT molecular complexity index is 462. The molecule has 0 radical (unpaired) electrons. The summed E-state index contributed by atoms with van der Waals surface area (Å²) in [5.74, 6) is 0.806. The molecule has 0 aromatic heterocycles. The van der Waals surface area contributed by atoms with Gasteiger partial charge in [0.1, 0.15) is 5.82 Å². The Kier molecular flexibility index (Phi) is 2.04. The smallest absolute Gasteiger partial charge is 0.128 e. The molecule has 2 fully saturated rings. The normalized spacial score (nSPS) is 36.2. The van der Waals surface area contributed by atoms with Crippen molar-refractivity contribution < 1.29 is 4.39 Å². The van der Waals surface area contributed by atoms with Crippen LogP contribution in [0.5, 0.6) is 0 Å². The van der Waals surface area contributed by atoms with E-state index in [1.807, 2.05) is 6.07 Å². The molecule has 2 saturated carbocycles. The van der Waals surface area contributed by atoms with E-state index in [1.54, 1.807) is 12.1 Å². The van der Waals surface area contributed by atoms with Gasteiger partial charge in [-0.25, -0.2) is 4.39 Å². The van der Waals surface area contributed by atoms with Gasteiger partial charge in [-0.15, -0.1) is 0 Å². The van der Waals surface area contributed by atoms with E-state index in [4.69, 9.17) is 0 Å². The van der Waals surface area contributed by atoms with Gasteiger partial charge in [0, 0.05) is 5.56 Å². The van der Waals surface area contributed by atoms with Crippen LogP contribution in [0.1, 0.15) is 31.2 Å². The van der Waals surface area contributed by atoms with Crippen molar-refractivity contribution in [2.45, 2.75) is 31.1 Å². The molecule has 3 atom stereocenters. The summed E-state index contributed by atoms with van der Waals surface area (Å²) in [5.41, 5.74) is 0.0959. The molecule has 0 saturated heterocycles. The third kappa shape index (κ3) is 1.15. The van der Waals surface area contributed by atoms with Gasteiger partial charge in [-0.2, -0.15) is 5.26 Å². The van der Waals surface area contributed by atoms with Gasteiger partial charge >= 0.3 is 0 Å². The predicted molar refractivity (Wildman–Crippen MR) is 59.1 cm³/mol. The topological polar surface area (TPSA) is 23.8 Å². The monoisotopic (exact) mass is 215 g/mol. The second kappa shape index (κ2) is 3.31. The summed E-state index contributed by atoms with van der Waals surface area (Å²) in [6, 6.07) is 9.22. The lowest BCUT2D eigenvalue weighted by Gasteiger charge is -2.31. The first-order valence-corrected chi connectivity index (χ1v) is 5.92. The third-order valence-corrected chi connectivity index (χ3v) is 4.40. The SMILES string of the molecule is N#C[C@@]1(c2ccccc2F)C[C@@H]2CC[C@H]1C2. The summed E-state index contributed by atoms with van der Waals surface area (Å²) < 4.78 is 13.8.